The van der Waals surface area contributed by atoms with E-state index in [1.807, 2.05) is 0 Å². The molecule has 0 spiro atoms. The molecule has 0 fully saturated rings. The zero-order valence-electron chi connectivity index (χ0n) is 14.9. The fraction of sp³-hybridized carbons (Fsp3) is 0.550. The first-order valence-corrected chi connectivity index (χ1v) is 9.09. The SMILES string of the molecule is CCC(CC)c1nn(-c2ccc(C)cc2C)c2c1CCCCN2. The van der Waals surface area contributed by atoms with Gasteiger partial charge in [-0.15, -0.1) is 0 Å². The largest absolute Gasteiger partial charge is 0.370 e. The number of benzene rings is 1. The molecule has 1 aromatic heterocycles. The predicted molar refractivity (Wildman–Crippen MR) is 97.8 cm³/mol. The van der Waals surface area contributed by atoms with Crippen molar-refractivity contribution in [1.29, 1.82) is 0 Å². The van der Waals surface area contributed by atoms with Crippen molar-refractivity contribution in [3.63, 3.8) is 0 Å². The van der Waals surface area contributed by atoms with Gasteiger partial charge in [0.25, 0.3) is 0 Å². The van der Waals surface area contributed by atoms with Gasteiger partial charge in [0.2, 0.25) is 0 Å². The Morgan fingerprint density at radius 3 is 2.65 bits per heavy atom. The van der Waals surface area contributed by atoms with Gasteiger partial charge in [-0.3, -0.25) is 0 Å². The lowest BCUT2D eigenvalue weighted by Crippen LogP contribution is -2.08. The summed E-state index contributed by atoms with van der Waals surface area (Å²) >= 11 is 0. The average molecular weight is 311 g/mol. The minimum atomic E-state index is 0.565. The van der Waals surface area contributed by atoms with Crippen LogP contribution in [0.2, 0.25) is 0 Å². The number of aryl methyl sites for hydroxylation is 2. The highest BCUT2D eigenvalue weighted by atomic mass is 15.3. The van der Waals surface area contributed by atoms with E-state index in [1.165, 1.54) is 46.7 Å². The Kier molecular flexibility index (Phi) is 4.74. The maximum atomic E-state index is 5.09. The van der Waals surface area contributed by atoms with Gasteiger partial charge in [-0.2, -0.15) is 5.10 Å². The molecule has 3 heteroatoms. The van der Waals surface area contributed by atoms with Crippen LogP contribution in [0.25, 0.3) is 5.69 Å². The number of aromatic nitrogens is 2. The molecule has 124 valence electrons. The van der Waals surface area contributed by atoms with Gasteiger partial charge in [0.15, 0.2) is 0 Å². The molecule has 1 aliphatic rings. The molecule has 1 aliphatic heterocycles. The summed E-state index contributed by atoms with van der Waals surface area (Å²) in [5.41, 5.74) is 6.57. The molecular weight excluding hydrogens is 282 g/mol. The minimum absolute atomic E-state index is 0.565. The highest BCUT2D eigenvalue weighted by Crippen LogP contribution is 2.35. The van der Waals surface area contributed by atoms with Crippen LogP contribution in [0.4, 0.5) is 5.82 Å². The smallest absolute Gasteiger partial charge is 0.133 e. The van der Waals surface area contributed by atoms with Crippen molar-refractivity contribution in [2.24, 2.45) is 0 Å². The molecule has 1 aromatic carbocycles. The second-order valence-electron chi connectivity index (χ2n) is 6.81. The third-order valence-electron chi connectivity index (χ3n) is 5.11. The Morgan fingerprint density at radius 1 is 1.17 bits per heavy atom. The van der Waals surface area contributed by atoms with Gasteiger partial charge < -0.3 is 5.32 Å². The summed E-state index contributed by atoms with van der Waals surface area (Å²) in [6.45, 7) is 9.94. The maximum Gasteiger partial charge on any atom is 0.133 e. The lowest BCUT2D eigenvalue weighted by molar-refractivity contribution is 0.605. The van der Waals surface area contributed by atoms with Crippen molar-refractivity contribution in [3.05, 3.63) is 40.6 Å². The summed E-state index contributed by atoms with van der Waals surface area (Å²) < 4.78 is 2.17. The monoisotopic (exact) mass is 311 g/mol. The molecule has 3 rings (SSSR count). The molecule has 0 saturated carbocycles. The molecule has 0 bridgehead atoms. The van der Waals surface area contributed by atoms with Gasteiger partial charge in [-0.1, -0.05) is 31.5 Å². The van der Waals surface area contributed by atoms with E-state index in [9.17, 15) is 0 Å². The van der Waals surface area contributed by atoms with Gasteiger partial charge in [0.1, 0.15) is 5.82 Å². The van der Waals surface area contributed by atoms with Crippen molar-refractivity contribution >= 4 is 5.82 Å². The number of hydrogen-bond acceptors (Lipinski definition) is 2. The standard InChI is InChI=1S/C20H29N3/c1-5-16(6-2)19-17-9-7-8-12-21-20(17)23(22-19)18-11-10-14(3)13-15(18)4/h10-11,13,16,21H,5-9,12H2,1-4H3. The Balaban J connectivity index is 2.16. The van der Waals surface area contributed by atoms with Gasteiger partial charge in [0, 0.05) is 18.0 Å². The normalized spacial score (nSPS) is 14.5. The average Bonchev–Trinajstić information content (AvgIpc) is 2.72. The van der Waals surface area contributed by atoms with E-state index in [0.717, 1.165) is 25.8 Å². The van der Waals surface area contributed by atoms with Crippen molar-refractivity contribution in [3.8, 4) is 5.69 Å². The fourth-order valence-corrected chi connectivity index (χ4v) is 3.75. The Morgan fingerprint density at radius 2 is 1.96 bits per heavy atom. The highest BCUT2D eigenvalue weighted by molar-refractivity contribution is 5.57. The van der Waals surface area contributed by atoms with E-state index in [2.05, 4.69) is 55.9 Å². The Hall–Kier alpha value is -1.77. The van der Waals surface area contributed by atoms with Crippen LogP contribution in [0, 0.1) is 13.8 Å². The number of anilines is 1. The molecule has 23 heavy (non-hydrogen) atoms. The zero-order chi connectivity index (χ0) is 16.4. The summed E-state index contributed by atoms with van der Waals surface area (Å²) in [7, 11) is 0. The summed E-state index contributed by atoms with van der Waals surface area (Å²) in [6, 6.07) is 6.64. The number of nitrogens with one attached hydrogen (secondary N) is 1. The third-order valence-corrected chi connectivity index (χ3v) is 5.11. The molecule has 2 aromatic rings. The molecule has 0 amide bonds. The molecule has 0 atom stereocenters. The van der Waals surface area contributed by atoms with Crippen molar-refractivity contribution in [2.45, 2.75) is 65.7 Å². The first-order valence-electron chi connectivity index (χ1n) is 9.09. The fourth-order valence-electron chi connectivity index (χ4n) is 3.75. The topological polar surface area (TPSA) is 29.9 Å². The number of rotatable bonds is 4. The van der Waals surface area contributed by atoms with E-state index in [4.69, 9.17) is 5.10 Å². The first-order chi connectivity index (χ1) is 11.2. The first kappa shape index (κ1) is 16.1. The van der Waals surface area contributed by atoms with Crippen molar-refractivity contribution < 1.29 is 0 Å². The molecule has 0 radical (unpaired) electrons. The van der Waals surface area contributed by atoms with Crippen LogP contribution < -0.4 is 5.32 Å². The Labute approximate surface area is 140 Å². The van der Waals surface area contributed by atoms with Crippen molar-refractivity contribution in [1.82, 2.24) is 9.78 Å². The molecule has 0 saturated heterocycles. The van der Waals surface area contributed by atoms with Crippen LogP contribution in [-0.2, 0) is 6.42 Å². The molecule has 0 unspecified atom stereocenters. The van der Waals surface area contributed by atoms with E-state index >= 15 is 0 Å². The van der Waals surface area contributed by atoms with Gasteiger partial charge in [-0.05, 0) is 57.6 Å². The van der Waals surface area contributed by atoms with Gasteiger partial charge in [-0.25, -0.2) is 4.68 Å². The van der Waals surface area contributed by atoms with Crippen LogP contribution in [0.1, 0.15) is 67.8 Å². The summed E-state index contributed by atoms with van der Waals surface area (Å²) in [5, 5.41) is 8.75. The van der Waals surface area contributed by atoms with Crippen LogP contribution in [-0.4, -0.2) is 16.3 Å². The molecule has 2 heterocycles. The number of fused-ring (bicyclic) bond motifs is 1. The molecule has 0 aliphatic carbocycles. The van der Waals surface area contributed by atoms with Gasteiger partial charge in [0.05, 0.1) is 11.4 Å². The van der Waals surface area contributed by atoms with E-state index < -0.39 is 0 Å². The summed E-state index contributed by atoms with van der Waals surface area (Å²) in [6.07, 6.45) is 5.97. The summed E-state index contributed by atoms with van der Waals surface area (Å²) in [5.74, 6) is 1.80. The van der Waals surface area contributed by atoms with Crippen LogP contribution in [0.5, 0.6) is 0 Å². The number of nitrogens with zero attached hydrogens (tertiary/aromatic N) is 2. The van der Waals surface area contributed by atoms with E-state index in [-0.39, 0.29) is 0 Å². The van der Waals surface area contributed by atoms with E-state index in [1.54, 1.807) is 0 Å². The predicted octanol–water partition coefficient (Wildman–Crippen LogP) is 5.14. The lowest BCUT2D eigenvalue weighted by atomic mass is 9.94. The maximum absolute atomic E-state index is 5.09. The molecular formula is C20H29N3. The van der Waals surface area contributed by atoms with Gasteiger partial charge >= 0.3 is 0 Å². The van der Waals surface area contributed by atoms with Crippen molar-refractivity contribution in [2.75, 3.05) is 11.9 Å². The van der Waals surface area contributed by atoms with Crippen LogP contribution >= 0.6 is 0 Å². The minimum Gasteiger partial charge on any atom is -0.370 e. The lowest BCUT2D eigenvalue weighted by Gasteiger charge is -2.12. The summed E-state index contributed by atoms with van der Waals surface area (Å²) in [4.78, 5) is 0. The second kappa shape index (κ2) is 6.77. The molecule has 1 N–H and O–H groups in total. The second-order valence-corrected chi connectivity index (χ2v) is 6.81. The van der Waals surface area contributed by atoms with E-state index in [0.29, 0.717) is 5.92 Å². The van der Waals surface area contributed by atoms with Crippen LogP contribution in [0.15, 0.2) is 18.2 Å². The zero-order valence-corrected chi connectivity index (χ0v) is 14.9. The number of hydrogen-bond donors (Lipinski definition) is 1. The third kappa shape index (κ3) is 3.01. The highest BCUT2D eigenvalue weighted by Gasteiger charge is 2.24. The molecule has 3 nitrogen and oxygen atoms in total. The Bertz CT molecular complexity index is 680. The quantitative estimate of drug-likeness (QED) is 0.847. The van der Waals surface area contributed by atoms with Crippen LogP contribution in [0.3, 0.4) is 0 Å².